The lowest BCUT2D eigenvalue weighted by Crippen LogP contribution is -2.07. The van der Waals surface area contributed by atoms with Crippen LogP contribution in [0.5, 0.6) is 0 Å². The Hall–Kier alpha value is -1.35. The summed E-state index contributed by atoms with van der Waals surface area (Å²) in [6.45, 7) is 7.80. The number of ether oxygens (including phenoxy) is 1. The van der Waals surface area contributed by atoms with E-state index < -0.39 is 0 Å². The highest BCUT2D eigenvalue weighted by atomic mass is 32.1. The van der Waals surface area contributed by atoms with Crippen molar-refractivity contribution in [3.63, 3.8) is 0 Å². The maximum atomic E-state index is 11.5. The van der Waals surface area contributed by atoms with Crippen LogP contribution in [0, 0.1) is 0 Å². The van der Waals surface area contributed by atoms with Crippen LogP contribution >= 0.6 is 11.3 Å². The van der Waals surface area contributed by atoms with E-state index in [4.69, 9.17) is 4.74 Å². The zero-order valence-corrected chi connectivity index (χ0v) is 9.76. The van der Waals surface area contributed by atoms with Crippen LogP contribution in [0.4, 0.5) is 0 Å². The predicted molar refractivity (Wildman–Crippen MR) is 63.7 cm³/mol. The molecule has 2 nitrogen and oxygen atoms in total. The molecule has 80 valence electrons. The first-order valence-corrected chi connectivity index (χ1v) is 5.70. The average molecular weight is 222 g/mol. The maximum Gasteiger partial charge on any atom is 0.338 e. The molecule has 1 aromatic rings. The van der Waals surface area contributed by atoms with Gasteiger partial charge < -0.3 is 4.74 Å². The zero-order valence-electron chi connectivity index (χ0n) is 8.95. The summed E-state index contributed by atoms with van der Waals surface area (Å²) in [5.41, 5.74) is 2.27. The highest BCUT2D eigenvalue weighted by Gasteiger charge is 2.14. The van der Waals surface area contributed by atoms with E-state index in [2.05, 4.69) is 6.58 Å². The Morgan fingerprint density at radius 2 is 2.40 bits per heavy atom. The monoisotopic (exact) mass is 222 g/mol. The third-order valence-electron chi connectivity index (χ3n) is 1.97. The smallest absolute Gasteiger partial charge is 0.338 e. The van der Waals surface area contributed by atoms with Crippen molar-refractivity contribution in [1.82, 2.24) is 0 Å². The van der Waals surface area contributed by atoms with E-state index in [1.165, 1.54) is 0 Å². The van der Waals surface area contributed by atoms with Crippen LogP contribution in [0.3, 0.4) is 0 Å². The van der Waals surface area contributed by atoms with Crippen molar-refractivity contribution in [1.29, 1.82) is 0 Å². The van der Waals surface area contributed by atoms with E-state index in [-0.39, 0.29) is 5.97 Å². The Morgan fingerprint density at radius 3 is 2.87 bits per heavy atom. The molecule has 0 unspecified atom stereocenters. The van der Waals surface area contributed by atoms with Gasteiger partial charge in [0, 0.05) is 0 Å². The van der Waals surface area contributed by atoms with Gasteiger partial charge in [0.2, 0.25) is 0 Å². The van der Waals surface area contributed by atoms with Gasteiger partial charge in [-0.25, -0.2) is 4.79 Å². The fraction of sp³-hybridized carbons (Fsp3) is 0.250. The Morgan fingerprint density at radius 1 is 1.67 bits per heavy atom. The first-order valence-electron chi connectivity index (χ1n) is 4.76. The van der Waals surface area contributed by atoms with Crippen LogP contribution in [0.15, 0.2) is 35.1 Å². The molecular formula is C12H14O2S. The van der Waals surface area contributed by atoms with Crippen molar-refractivity contribution in [2.45, 2.75) is 13.8 Å². The number of thiophene rings is 1. The van der Waals surface area contributed by atoms with E-state index in [0.717, 1.165) is 11.1 Å². The zero-order chi connectivity index (χ0) is 11.3. The summed E-state index contributed by atoms with van der Waals surface area (Å²) in [6.07, 6.45) is 1.88. The lowest BCUT2D eigenvalue weighted by atomic mass is 10.0. The molecule has 3 heteroatoms. The Balaban J connectivity index is 2.86. The van der Waals surface area contributed by atoms with Crippen molar-refractivity contribution in [2.24, 2.45) is 0 Å². The van der Waals surface area contributed by atoms with E-state index >= 15 is 0 Å². The highest BCUT2D eigenvalue weighted by molar-refractivity contribution is 7.08. The SMILES string of the molecule is C=C(C(=O)OCC)/C(=C/C)c1ccsc1. The topological polar surface area (TPSA) is 26.3 Å². The molecule has 0 atom stereocenters. The minimum absolute atomic E-state index is 0.350. The molecule has 0 radical (unpaired) electrons. The number of esters is 1. The fourth-order valence-corrected chi connectivity index (χ4v) is 1.92. The van der Waals surface area contributed by atoms with Crippen LogP contribution in [0.1, 0.15) is 19.4 Å². The molecule has 0 spiro atoms. The second kappa shape index (κ2) is 5.51. The van der Waals surface area contributed by atoms with Crippen molar-refractivity contribution < 1.29 is 9.53 Å². The van der Waals surface area contributed by atoms with Gasteiger partial charge in [-0.05, 0) is 41.8 Å². The Kier molecular flexibility index (Phi) is 4.31. The fourth-order valence-electron chi connectivity index (χ4n) is 1.26. The van der Waals surface area contributed by atoms with Crippen LogP contribution in [-0.4, -0.2) is 12.6 Å². The van der Waals surface area contributed by atoms with Gasteiger partial charge in [0.15, 0.2) is 0 Å². The van der Waals surface area contributed by atoms with Crippen molar-refractivity contribution >= 4 is 22.9 Å². The minimum Gasteiger partial charge on any atom is -0.462 e. The van der Waals surface area contributed by atoms with E-state index in [0.29, 0.717) is 12.2 Å². The average Bonchev–Trinajstić information content (AvgIpc) is 2.72. The molecule has 15 heavy (non-hydrogen) atoms. The molecule has 1 aromatic heterocycles. The number of carbonyl (C=O) groups excluding carboxylic acids is 1. The summed E-state index contributed by atoms with van der Waals surface area (Å²) in [5, 5.41) is 3.96. The lowest BCUT2D eigenvalue weighted by Gasteiger charge is -2.07. The first-order chi connectivity index (χ1) is 7.20. The van der Waals surface area contributed by atoms with Crippen molar-refractivity contribution in [3.05, 3.63) is 40.6 Å². The second-order valence-corrected chi connectivity index (χ2v) is 3.69. The second-order valence-electron chi connectivity index (χ2n) is 2.91. The standard InChI is InChI=1S/C12H14O2S/c1-4-11(10-6-7-15-8-10)9(3)12(13)14-5-2/h4,6-8H,3,5H2,1-2H3/b11-4-. The summed E-state index contributed by atoms with van der Waals surface area (Å²) in [7, 11) is 0. The molecule has 0 saturated heterocycles. The van der Waals surface area contributed by atoms with Gasteiger partial charge in [-0.15, -0.1) is 0 Å². The van der Waals surface area contributed by atoms with Gasteiger partial charge in [0.05, 0.1) is 12.2 Å². The highest BCUT2D eigenvalue weighted by Crippen LogP contribution is 2.24. The third kappa shape index (κ3) is 2.80. The summed E-state index contributed by atoms with van der Waals surface area (Å²) >= 11 is 1.59. The van der Waals surface area contributed by atoms with Gasteiger partial charge >= 0.3 is 5.97 Å². The van der Waals surface area contributed by atoms with Gasteiger partial charge in [0.25, 0.3) is 0 Å². The van der Waals surface area contributed by atoms with Gasteiger partial charge in [0.1, 0.15) is 0 Å². The molecular weight excluding hydrogens is 208 g/mol. The molecule has 0 aromatic carbocycles. The number of hydrogen-bond acceptors (Lipinski definition) is 3. The van der Waals surface area contributed by atoms with E-state index in [1.807, 2.05) is 29.8 Å². The number of rotatable bonds is 4. The molecule has 0 aliphatic rings. The quantitative estimate of drug-likeness (QED) is 0.444. The maximum absolute atomic E-state index is 11.5. The Labute approximate surface area is 93.9 Å². The molecule has 0 amide bonds. The molecule has 0 saturated carbocycles. The lowest BCUT2D eigenvalue weighted by molar-refractivity contribution is -0.137. The summed E-state index contributed by atoms with van der Waals surface area (Å²) in [6, 6.07) is 1.96. The summed E-state index contributed by atoms with van der Waals surface area (Å²) in [4.78, 5) is 11.5. The van der Waals surface area contributed by atoms with E-state index in [1.54, 1.807) is 18.3 Å². The van der Waals surface area contributed by atoms with Crippen molar-refractivity contribution in [2.75, 3.05) is 6.61 Å². The number of carbonyl (C=O) groups is 1. The Bertz CT molecular complexity index is 374. The molecule has 0 fully saturated rings. The van der Waals surface area contributed by atoms with Gasteiger partial charge in [-0.1, -0.05) is 12.7 Å². The first kappa shape index (κ1) is 11.7. The minimum atomic E-state index is -0.350. The summed E-state index contributed by atoms with van der Waals surface area (Å²) < 4.78 is 4.91. The van der Waals surface area contributed by atoms with Crippen LogP contribution in [0.25, 0.3) is 5.57 Å². The summed E-state index contributed by atoms with van der Waals surface area (Å²) in [5.74, 6) is -0.350. The number of hydrogen-bond donors (Lipinski definition) is 0. The molecule has 0 aliphatic carbocycles. The van der Waals surface area contributed by atoms with Crippen LogP contribution < -0.4 is 0 Å². The molecule has 1 rings (SSSR count). The van der Waals surface area contributed by atoms with Gasteiger partial charge in [-0.3, -0.25) is 0 Å². The number of allylic oxidation sites excluding steroid dienone is 1. The molecule has 1 heterocycles. The van der Waals surface area contributed by atoms with Crippen molar-refractivity contribution in [3.8, 4) is 0 Å². The largest absolute Gasteiger partial charge is 0.462 e. The molecule has 0 N–H and O–H groups in total. The normalized spacial score (nSPS) is 11.2. The predicted octanol–water partition coefficient (Wildman–Crippen LogP) is 3.27. The molecule has 0 bridgehead atoms. The van der Waals surface area contributed by atoms with Crippen LogP contribution in [0.2, 0.25) is 0 Å². The third-order valence-corrected chi connectivity index (χ3v) is 2.65. The van der Waals surface area contributed by atoms with E-state index in [9.17, 15) is 4.79 Å². The van der Waals surface area contributed by atoms with Crippen LogP contribution in [-0.2, 0) is 9.53 Å². The molecule has 0 aliphatic heterocycles. The van der Waals surface area contributed by atoms with Gasteiger partial charge in [-0.2, -0.15) is 11.3 Å².